The van der Waals surface area contributed by atoms with Crippen molar-refractivity contribution >= 4 is 0 Å². The summed E-state index contributed by atoms with van der Waals surface area (Å²) in [6, 6.07) is 0.840. The number of rotatable bonds is 3. The lowest BCUT2D eigenvalue weighted by Gasteiger charge is -2.27. The van der Waals surface area contributed by atoms with E-state index in [-0.39, 0.29) is 0 Å². The highest BCUT2D eigenvalue weighted by Crippen LogP contribution is 2.44. The molecule has 2 saturated heterocycles. The van der Waals surface area contributed by atoms with Gasteiger partial charge in [0.25, 0.3) is 0 Å². The summed E-state index contributed by atoms with van der Waals surface area (Å²) in [5, 5.41) is 3.59. The first kappa shape index (κ1) is 9.17. The van der Waals surface area contributed by atoms with Crippen molar-refractivity contribution in [3.8, 4) is 0 Å². The van der Waals surface area contributed by atoms with E-state index in [2.05, 4.69) is 10.2 Å². The molecule has 14 heavy (non-hydrogen) atoms. The zero-order valence-electron chi connectivity index (χ0n) is 9.04. The Morgan fingerprint density at radius 2 is 2.21 bits per heavy atom. The van der Waals surface area contributed by atoms with E-state index >= 15 is 0 Å². The van der Waals surface area contributed by atoms with E-state index in [1.165, 1.54) is 58.3 Å². The number of piperidine rings is 1. The Bertz CT molecular complexity index is 198. The highest BCUT2D eigenvalue weighted by atomic mass is 15.1. The van der Waals surface area contributed by atoms with Gasteiger partial charge >= 0.3 is 0 Å². The van der Waals surface area contributed by atoms with E-state index < -0.39 is 0 Å². The summed E-state index contributed by atoms with van der Waals surface area (Å²) in [4.78, 5) is 2.70. The Hall–Kier alpha value is -0.0800. The van der Waals surface area contributed by atoms with Gasteiger partial charge in [0.15, 0.2) is 0 Å². The number of fused-ring (bicyclic) bond motifs is 1. The lowest BCUT2D eigenvalue weighted by molar-refractivity contribution is 0.210. The summed E-state index contributed by atoms with van der Waals surface area (Å²) in [7, 11) is 0. The van der Waals surface area contributed by atoms with Gasteiger partial charge in [0.1, 0.15) is 0 Å². The maximum atomic E-state index is 3.59. The zero-order chi connectivity index (χ0) is 9.38. The van der Waals surface area contributed by atoms with Crippen LogP contribution in [0.4, 0.5) is 0 Å². The molecule has 0 aromatic rings. The van der Waals surface area contributed by atoms with Gasteiger partial charge in [-0.15, -0.1) is 0 Å². The Morgan fingerprint density at radius 3 is 3.00 bits per heavy atom. The summed E-state index contributed by atoms with van der Waals surface area (Å²) < 4.78 is 0. The van der Waals surface area contributed by atoms with Crippen molar-refractivity contribution in [3.05, 3.63) is 0 Å². The van der Waals surface area contributed by atoms with Crippen LogP contribution >= 0.6 is 0 Å². The fourth-order valence-electron chi connectivity index (χ4n) is 3.20. The maximum absolute atomic E-state index is 3.59. The molecule has 0 bridgehead atoms. The molecule has 2 nitrogen and oxygen atoms in total. The number of nitrogens with zero attached hydrogens (tertiary/aromatic N) is 1. The Labute approximate surface area is 87.0 Å². The van der Waals surface area contributed by atoms with Gasteiger partial charge in [-0.2, -0.15) is 0 Å². The molecule has 1 saturated carbocycles. The number of hydrogen-bond acceptors (Lipinski definition) is 2. The second kappa shape index (κ2) is 3.82. The van der Waals surface area contributed by atoms with E-state index in [9.17, 15) is 0 Å². The molecule has 1 aliphatic carbocycles. The zero-order valence-corrected chi connectivity index (χ0v) is 9.04. The van der Waals surface area contributed by atoms with Crippen LogP contribution in [0.5, 0.6) is 0 Å². The number of hydrogen-bond donors (Lipinski definition) is 1. The van der Waals surface area contributed by atoms with Gasteiger partial charge in [-0.05, 0) is 63.6 Å². The normalized spacial score (nSPS) is 42.4. The topological polar surface area (TPSA) is 15.3 Å². The summed E-state index contributed by atoms with van der Waals surface area (Å²) in [5.74, 6) is 2.23. The largest absolute Gasteiger partial charge is 0.314 e. The minimum atomic E-state index is 0.840. The average Bonchev–Trinajstić information content (AvgIpc) is 2.79. The third-order valence-corrected chi connectivity index (χ3v) is 4.33. The fraction of sp³-hybridized carbons (Fsp3) is 1.00. The first-order valence-electron chi connectivity index (χ1n) is 6.37. The molecule has 3 fully saturated rings. The van der Waals surface area contributed by atoms with E-state index in [1.807, 2.05) is 0 Å². The quantitative estimate of drug-likeness (QED) is 0.732. The molecule has 3 unspecified atom stereocenters. The Balaban J connectivity index is 1.39. The summed E-state index contributed by atoms with van der Waals surface area (Å²) in [6.07, 6.45) is 7.23. The van der Waals surface area contributed by atoms with Crippen LogP contribution in [0, 0.1) is 11.8 Å². The van der Waals surface area contributed by atoms with Crippen LogP contribution in [-0.2, 0) is 0 Å². The average molecular weight is 194 g/mol. The molecule has 0 radical (unpaired) electrons. The molecule has 80 valence electrons. The van der Waals surface area contributed by atoms with Crippen LogP contribution in [0.3, 0.4) is 0 Å². The third kappa shape index (κ3) is 1.96. The second-order valence-electron chi connectivity index (χ2n) is 5.43. The molecule has 3 rings (SSSR count). The molecule has 0 spiro atoms. The van der Waals surface area contributed by atoms with E-state index in [1.54, 1.807) is 0 Å². The highest BCUT2D eigenvalue weighted by Gasteiger charge is 2.41. The molecule has 0 amide bonds. The maximum Gasteiger partial charge on any atom is 0.00797 e. The summed E-state index contributed by atoms with van der Waals surface area (Å²) in [6.45, 7) is 5.40. The molecule has 3 atom stereocenters. The molecule has 0 aromatic carbocycles. The van der Waals surface area contributed by atoms with Gasteiger partial charge in [-0.3, -0.25) is 0 Å². The van der Waals surface area contributed by atoms with Crippen molar-refractivity contribution in [2.45, 2.75) is 38.1 Å². The smallest absolute Gasteiger partial charge is 0.00797 e. The van der Waals surface area contributed by atoms with E-state index in [4.69, 9.17) is 0 Å². The lowest BCUT2D eigenvalue weighted by atomic mass is 10.1. The SMILES string of the molecule is C1CNC(CCN2CCC3CC3C2)C1. The minimum Gasteiger partial charge on any atom is -0.314 e. The Kier molecular flexibility index (Phi) is 2.50. The standard InChI is InChI=1S/C12H22N2/c1-2-12(13-5-1)4-7-14-6-3-10-8-11(10)9-14/h10-13H,1-9H2. The van der Waals surface area contributed by atoms with Crippen LogP contribution in [0.1, 0.15) is 32.1 Å². The highest BCUT2D eigenvalue weighted by molar-refractivity contribution is 4.93. The van der Waals surface area contributed by atoms with Gasteiger partial charge in [0.2, 0.25) is 0 Å². The summed E-state index contributed by atoms with van der Waals surface area (Å²) >= 11 is 0. The molecular formula is C12H22N2. The molecule has 2 heterocycles. The predicted octanol–water partition coefficient (Wildman–Crippen LogP) is 1.47. The fourth-order valence-corrected chi connectivity index (χ4v) is 3.20. The molecular weight excluding hydrogens is 172 g/mol. The molecule has 3 aliphatic rings. The van der Waals surface area contributed by atoms with Gasteiger partial charge in [-0.25, -0.2) is 0 Å². The summed E-state index contributed by atoms with van der Waals surface area (Å²) in [5.41, 5.74) is 0. The van der Waals surface area contributed by atoms with Crippen molar-refractivity contribution in [1.82, 2.24) is 10.2 Å². The van der Waals surface area contributed by atoms with Crippen LogP contribution in [0.2, 0.25) is 0 Å². The Morgan fingerprint density at radius 1 is 1.21 bits per heavy atom. The van der Waals surface area contributed by atoms with Crippen molar-refractivity contribution in [2.75, 3.05) is 26.2 Å². The van der Waals surface area contributed by atoms with E-state index in [0.717, 1.165) is 17.9 Å². The van der Waals surface area contributed by atoms with Gasteiger partial charge < -0.3 is 10.2 Å². The number of likely N-dealkylation sites (tertiary alicyclic amines) is 1. The van der Waals surface area contributed by atoms with Crippen molar-refractivity contribution in [3.63, 3.8) is 0 Å². The second-order valence-corrected chi connectivity index (χ2v) is 5.43. The first-order chi connectivity index (χ1) is 6.92. The monoisotopic (exact) mass is 194 g/mol. The van der Waals surface area contributed by atoms with Gasteiger partial charge in [0, 0.05) is 12.6 Å². The molecule has 2 heteroatoms. The molecule has 0 aromatic heterocycles. The predicted molar refractivity (Wildman–Crippen MR) is 58.3 cm³/mol. The number of nitrogens with one attached hydrogen (secondary N) is 1. The van der Waals surface area contributed by atoms with Crippen LogP contribution in [-0.4, -0.2) is 37.1 Å². The van der Waals surface area contributed by atoms with Crippen LogP contribution in [0.25, 0.3) is 0 Å². The minimum absolute atomic E-state index is 0.840. The third-order valence-electron chi connectivity index (χ3n) is 4.33. The lowest BCUT2D eigenvalue weighted by Crippen LogP contribution is -2.35. The molecule has 1 N–H and O–H groups in total. The van der Waals surface area contributed by atoms with Crippen LogP contribution in [0.15, 0.2) is 0 Å². The van der Waals surface area contributed by atoms with Crippen molar-refractivity contribution in [2.24, 2.45) is 11.8 Å². The first-order valence-corrected chi connectivity index (χ1v) is 6.37. The van der Waals surface area contributed by atoms with Gasteiger partial charge in [-0.1, -0.05) is 0 Å². The van der Waals surface area contributed by atoms with E-state index in [0.29, 0.717) is 0 Å². The van der Waals surface area contributed by atoms with Crippen molar-refractivity contribution < 1.29 is 0 Å². The van der Waals surface area contributed by atoms with Gasteiger partial charge in [0.05, 0.1) is 0 Å². The molecule has 2 aliphatic heterocycles. The van der Waals surface area contributed by atoms with Crippen molar-refractivity contribution in [1.29, 1.82) is 0 Å². The van der Waals surface area contributed by atoms with Crippen LogP contribution < -0.4 is 5.32 Å².